The Morgan fingerprint density at radius 1 is 1.25 bits per heavy atom. The molecule has 0 N–H and O–H groups in total. The van der Waals surface area contributed by atoms with Crippen LogP contribution in [0.15, 0.2) is 41.0 Å². The summed E-state index contributed by atoms with van der Waals surface area (Å²) in [5.74, 6) is 0.633. The van der Waals surface area contributed by atoms with Crippen molar-refractivity contribution in [2.75, 3.05) is 33.1 Å². The minimum Gasteiger partial charge on any atom is -0.497 e. The fraction of sp³-hybridized carbons (Fsp3) is 0.429. The number of benzene rings is 1. The molecule has 8 nitrogen and oxygen atoms in total. The third-order valence-electron chi connectivity index (χ3n) is 5.33. The zero-order valence-electron chi connectivity index (χ0n) is 18.0. The molecule has 0 bridgehead atoms. The maximum Gasteiger partial charge on any atom is 0.264 e. The van der Waals surface area contributed by atoms with Gasteiger partial charge in [-0.3, -0.25) is 13.9 Å². The van der Waals surface area contributed by atoms with Crippen LogP contribution in [-0.2, 0) is 25.6 Å². The minimum absolute atomic E-state index is 0.110. The maximum absolute atomic E-state index is 12.5. The van der Waals surface area contributed by atoms with Crippen LogP contribution in [0.25, 0.3) is 0 Å². The molecule has 0 spiro atoms. The molecule has 1 aliphatic rings. The van der Waals surface area contributed by atoms with Gasteiger partial charge in [-0.1, -0.05) is 23.7 Å². The molecule has 2 atom stereocenters. The summed E-state index contributed by atoms with van der Waals surface area (Å²) < 4.78 is 34.6. The van der Waals surface area contributed by atoms with Gasteiger partial charge < -0.3 is 9.64 Å². The van der Waals surface area contributed by atoms with E-state index in [0.29, 0.717) is 24.2 Å². The Morgan fingerprint density at radius 3 is 2.50 bits per heavy atom. The van der Waals surface area contributed by atoms with Gasteiger partial charge >= 0.3 is 0 Å². The fourth-order valence-electron chi connectivity index (χ4n) is 3.91. The van der Waals surface area contributed by atoms with Crippen LogP contribution >= 0.6 is 27.5 Å². The average Bonchev–Trinajstić information content (AvgIpc) is 2.71. The molecular formula is C21H25BrClN3O5S. The number of piperazine rings is 1. The van der Waals surface area contributed by atoms with E-state index in [4.69, 9.17) is 20.5 Å². The van der Waals surface area contributed by atoms with Crippen molar-refractivity contribution < 1.29 is 22.1 Å². The molecule has 2 aromatic rings. The standard InChI is InChI=1S/C21H25BrClN3O5S/c1-14(27)26-9-8-25(12-15-4-6-17(30-2)7-5-15)18(13-31-32(3,28)29)21(26)16-10-19(22)24-20(23)11-16/h4-7,10-11,18,21H,8-9,12-13H2,1-3H3/t18-,21-/m1/s1. The normalized spacial score (nSPS) is 19.7. The number of aromatic nitrogens is 1. The van der Waals surface area contributed by atoms with E-state index < -0.39 is 22.2 Å². The first-order chi connectivity index (χ1) is 15.1. The lowest BCUT2D eigenvalue weighted by atomic mass is 9.94. The van der Waals surface area contributed by atoms with Crippen molar-refractivity contribution >= 4 is 43.6 Å². The Bertz CT molecular complexity index is 1050. The highest BCUT2D eigenvalue weighted by Gasteiger charge is 2.40. The number of pyridine rings is 1. The minimum atomic E-state index is -3.68. The van der Waals surface area contributed by atoms with E-state index in [-0.39, 0.29) is 17.7 Å². The Kier molecular flexibility index (Phi) is 8.16. The molecule has 0 saturated carbocycles. The summed E-state index contributed by atoms with van der Waals surface area (Å²) >= 11 is 9.55. The predicted molar refractivity (Wildman–Crippen MR) is 125 cm³/mol. The van der Waals surface area contributed by atoms with Crippen LogP contribution in [-0.4, -0.2) is 68.2 Å². The Balaban J connectivity index is 2.00. The van der Waals surface area contributed by atoms with Crippen LogP contribution in [0.5, 0.6) is 5.75 Å². The van der Waals surface area contributed by atoms with Crippen LogP contribution in [0.1, 0.15) is 24.1 Å². The van der Waals surface area contributed by atoms with Gasteiger partial charge in [-0.25, -0.2) is 4.98 Å². The molecule has 1 saturated heterocycles. The quantitative estimate of drug-likeness (QED) is 0.389. The molecule has 3 rings (SSSR count). The summed E-state index contributed by atoms with van der Waals surface area (Å²) in [6, 6.07) is 10.2. The van der Waals surface area contributed by atoms with Crippen LogP contribution in [0.3, 0.4) is 0 Å². The summed E-state index contributed by atoms with van der Waals surface area (Å²) in [4.78, 5) is 20.5. The zero-order valence-corrected chi connectivity index (χ0v) is 21.2. The van der Waals surface area contributed by atoms with Crippen molar-refractivity contribution in [1.82, 2.24) is 14.8 Å². The number of ether oxygens (including phenoxy) is 1. The van der Waals surface area contributed by atoms with Crippen molar-refractivity contribution in [3.63, 3.8) is 0 Å². The van der Waals surface area contributed by atoms with Crippen LogP contribution in [0.2, 0.25) is 5.15 Å². The molecular weight excluding hydrogens is 522 g/mol. The SMILES string of the molecule is COc1ccc(CN2CCN(C(C)=O)[C@H](c3cc(Cl)nc(Br)c3)[C@H]2COS(C)(=O)=O)cc1. The summed E-state index contributed by atoms with van der Waals surface area (Å²) in [5.41, 5.74) is 1.77. The monoisotopic (exact) mass is 545 g/mol. The van der Waals surface area contributed by atoms with Crippen molar-refractivity contribution in [3.8, 4) is 5.75 Å². The van der Waals surface area contributed by atoms with Crippen LogP contribution in [0, 0.1) is 0 Å². The zero-order chi connectivity index (χ0) is 23.5. The first-order valence-electron chi connectivity index (χ1n) is 9.89. The smallest absolute Gasteiger partial charge is 0.264 e. The van der Waals surface area contributed by atoms with Gasteiger partial charge in [-0.15, -0.1) is 0 Å². The second-order valence-corrected chi connectivity index (χ2v) is 10.4. The van der Waals surface area contributed by atoms with Crippen LogP contribution in [0.4, 0.5) is 0 Å². The molecule has 11 heteroatoms. The highest BCUT2D eigenvalue weighted by atomic mass is 79.9. The van der Waals surface area contributed by atoms with Gasteiger partial charge in [-0.05, 0) is 51.3 Å². The molecule has 1 amide bonds. The molecule has 2 heterocycles. The van der Waals surface area contributed by atoms with Gasteiger partial charge in [0.15, 0.2) is 0 Å². The van der Waals surface area contributed by atoms with Crippen molar-refractivity contribution in [3.05, 3.63) is 57.3 Å². The predicted octanol–water partition coefficient (Wildman–Crippen LogP) is 3.26. The van der Waals surface area contributed by atoms with Gasteiger partial charge in [0.05, 0.1) is 32.1 Å². The highest BCUT2D eigenvalue weighted by Crippen LogP contribution is 2.35. The molecule has 32 heavy (non-hydrogen) atoms. The number of hydrogen-bond acceptors (Lipinski definition) is 7. The second kappa shape index (κ2) is 10.5. The van der Waals surface area contributed by atoms with E-state index in [2.05, 4.69) is 25.8 Å². The number of rotatable bonds is 7. The first kappa shape index (κ1) is 24.9. The van der Waals surface area contributed by atoms with Crippen molar-refractivity contribution in [1.29, 1.82) is 0 Å². The van der Waals surface area contributed by atoms with Crippen LogP contribution < -0.4 is 4.74 Å². The van der Waals surface area contributed by atoms with E-state index in [1.807, 2.05) is 24.3 Å². The highest BCUT2D eigenvalue weighted by molar-refractivity contribution is 9.10. The number of carbonyl (C=O) groups excluding carboxylic acids is 1. The Hall–Kier alpha value is -1.72. The second-order valence-electron chi connectivity index (χ2n) is 7.58. The number of methoxy groups -OCH3 is 1. The number of hydrogen-bond donors (Lipinski definition) is 0. The van der Waals surface area contributed by atoms with E-state index >= 15 is 0 Å². The lowest BCUT2D eigenvalue weighted by Gasteiger charge is -2.47. The molecule has 0 radical (unpaired) electrons. The molecule has 1 aromatic heterocycles. The van der Waals surface area contributed by atoms with Gasteiger partial charge in [-0.2, -0.15) is 8.42 Å². The fourth-order valence-corrected chi connectivity index (χ4v) is 5.07. The first-order valence-corrected chi connectivity index (χ1v) is 12.9. The largest absolute Gasteiger partial charge is 0.497 e. The van der Waals surface area contributed by atoms with Crippen molar-refractivity contribution in [2.24, 2.45) is 0 Å². The number of halogens is 2. The molecule has 0 unspecified atom stereocenters. The van der Waals surface area contributed by atoms with E-state index in [0.717, 1.165) is 23.1 Å². The van der Waals surface area contributed by atoms with E-state index in [1.54, 1.807) is 24.1 Å². The summed E-state index contributed by atoms with van der Waals surface area (Å²) in [5, 5.41) is 0.271. The summed E-state index contributed by atoms with van der Waals surface area (Å²) in [7, 11) is -2.07. The lowest BCUT2D eigenvalue weighted by Crippen LogP contribution is -2.57. The van der Waals surface area contributed by atoms with E-state index in [9.17, 15) is 13.2 Å². The Labute approximate surface area is 201 Å². The van der Waals surface area contributed by atoms with Crippen molar-refractivity contribution in [2.45, 2.75) is 25.6 Å². The summed E-state index contributed by atoms with van der Waals surface area (Å²) in [6.07, 6.45) is 1.02. The Morgan fingerprint density at radius 2 is 1.94 bits per heavy atom. The van der Waals surface area contributed by atoms with E-state index in [1.165, 1.54) is 6.92 Å². The summed E-state index contributed by atoms with van der Waals surface area (Å²) in [6.45, 7) is 2.96. The molecule has 1 aliphatic heterocycles. The maximum atomic E-state index is 12.5. The van der Waals surface area contributed by atoms with Gasteiger partial charge in [0.1, 0.15) is 15.5 Å². The van der Waals surface area contributed by atoms with Gasteiger partial charge in [0.25, 0.3) is 10.1 Å². The number of carbonyl (C=O) groups is 1. The molecule has 174 valence electrons. The topological polar surface area (TPSA) is 89.0 Å². The number of amides is 1. The third-order valence-corrected chi connectivity index (χ3v) is 6.49. The van der Waals surface area contributed by atoms with Gasteiger partial charge in [0.2, 0.25) is 5.91 Å². The van der Waals surface area contributed by atoms with Gasteiger partial charge in [0, 0.05) is 26.6 Å². The average molecular weight is 547 g/mol. The molecule has 1 fully saturated rings. The molecule has 1 aromatic carbocycles. The number of nitrogens with zero attached hydrogens (tertiary/aromatic N) is 3. The molecule has 0 aliphatic carbocycles. The third kappa shape index (κ3) is 6.41. The lowest BCUT2D eigenvalue weighted by molar-refractivity contribution is -0.137.